The Morgan fingerprint density at radius 1 is 0.787 bits per heavy atom. The maximum atomic E-state index is 13.5. The van der Waals surface area contributed by atoms with E-state index in [1.807, 2.05) is 35.2 Å². The zero-order valence-corrected chi connectivity index (χ0v) is 25.8. The fourth-order valence-corrected chi connectivity index (χ4v) is 4.71. The average molecular weight is 698 g/mol. The van der Waals surface area contributed by atoms with Crippen molar-refractivity contribution in [2.75, 3.05) is 51.6 Å². The van der Waals surface area contributed by atoms with E-state index in [-0.39, 0.29) is 5.91 Å². The molecule has 2 saturated heterocycles. The van der Waals surface area contributed by atoms with Crippen LogP contribution in [0.25, 0.3) is 0 Å². The number of nitrogens with zero attached hydrogens (tertiary/aromatic N) is 3. The summed E-state index contributed by atoms with van der Waals surface area (Å²) >= 11 is 5.92. The first-order chi connectivity index (χ1) is 21.9. The van der Waals surface area contributed by atoms with Crippen molar-refractivity contribution in [2.24, 2.45) is 0 Å². The summed E-state index contributed by atoms with van der Waals surface area (Å²) in [4.78, 5) is 50.8. The number of carboxylic acids is 2. The molecule has 0 spiro atoms. The number of likely N-dealkylation sites (tertiary alicyclic amines) is 1. The van der Waals surface area contributed by atoms with Gasteiger partial charge in [0.05, 0.1) is 0 Å². The summed E-state index contributed by atoms with van der Waals surface area (Å²) in [5.41, 5.74) is 1.39. The van der Waals surface area contributed by atoms with Crippen LogP contribution >= 0.6 is 11.6 Å². The van der Waals surface area contributed by atoms with E-state index in [9.17, 15) is 35.9 Å². The van der Waals surface area contributed by atoms with Gasteiger partial charge in [0.25, 0.3) is 0 Å². The molecular formula is C29H34ClF6N5O6. The number of carbonyl (C=O) groups is 4. The van der Waals surface area contributed by atoms with E-state index < -0.39 is 36.4 Å². The van der Waals surface area contributed by atoms with Crippen LogP contribution in [0.4, 0.5) is 36.8 Å². The van der Waals surface area contributed by atoms with E-state index in [1.165, 1.54) is 0 Å². The molecule has 2 heterocycles. The Hall–Kier alpha value is -4.09. The van der Waals surface area contributed by atoms with Crippen LogP contribution in [0.1, 0.15) is 24.4 Å². The SMILES string of the molecule is CN1CCN(C2CCN(C(=O)[C@H](NC(=O)Nc3ccc(Cl)cc3)c3ccccc3)CC2)CC1.O=C(O)C(F)(F)F.O=C(O)C(F)(F)F. The van der Waals surface area contributed by atoms with Crippen molar-refractivity contribution in [3.05, 3.63) is 65.2 Å². The van der Waals surface area contributed by atoms with Gasteiger partial charge in [0.15, 0.2) is 0 Å². The first-order valence-corrected chi connectivity index (χ1v) is 14.5. The van der Waals surface area contributed by atoms with E-state index in [0.717, 1.165) is 44.6 Å². The molecule has 0 radical (unpaired) electrons. The summed E-state index contributed by atoms with van der Waals surface area (Å²) in [5.74, 6) is -5.58. The lowest BCUT2D eigenvalue weighted by atomic mass is 9.99. The van der Waals surface area contributed by atoms with Gasteiger partial charge in [0.1, 0.15) is 6.04 Å². The molecule has 47 heavy (non-hydrogen) atoms. The third kappa shape index (κ3) is 13.7. The summed E-state index contributed by atoms with van der Waals surface area (Å²) < 4.78 is 63.5. The molecule has 2 aromatic rings. The molecule has 2 fully saturated rings. The first-order valence-electron chi connectivity index (χ1n) is 14.1. The monoisotopic (exact) mass is 697 g/mol. The van der Waals surface area contributed by atoms with Gasteiger partial charge in [-0.05, 0) is 49.7 Å². The zero-order chi connectivity index (χ0) is 35.4. The molecular weight excluding hydrogens is 664 g/mol. The normalized spacial score (nSPS) is 16.8. The Balaban J connectivity index is 0.000000459. The van der Waals surface area contributed by atoms with Gasteiger partial charge < -0.3 is 30.6 Å². The second kappa shape index (κ2) is 17.7. The summed E-state index contributed by atoms with van der Waals surface area (Å²) in [7, 11) is 2.17. The van der Waals surface area contributed by atoms with Crippen molar-refractivity contribution < 1.29 is 55.7 Å². The van der Waals surface area contributed by atoms with Crippen LogP contribution < -0.4 is 10.6 Å². The fraction of sp³-hybridized carbons (Fsp3) is 0.448. The quantitative estimate of drug-likeness (QED) is 0.330. The van der Waals surface area contributed by atoms with Gasteiger partial charge in [-0.3, -0.25) is 9.69 Å². The van der Waals surface area contributed by atoms with Crippen molar-refractivity contribution in [3.63, 3.8) is 0 Å². The molecule has 1 atom stereocenters. The smallest absolute Gasteiger partial charge is 0.475 e. The Kier molecular flexibility index (Phi) is 14.7. The van der Waals surface area contributed by atoms with Crippen LogP contribution in [0.15, 0.2) is 54.6 Å². The summed E-state index contributed by atoms with van der Waals surface area (Å²) in [6, 6.07) is 15.7. The molecule has 0 bridgehead atoms. The van der Waals surface area contributed by atoms with Gasteiger partial charge in [0, 0.05) is 56.0 Å². The lowest BCUT2D eigenvalue weighted by Crippen LogP contribution is -2.54. The van der Waals surface area contributed by atoms with Gasteiger partial charge in [-0.15, -0.1) is 0 Å². The lowest BCUT2D eigenvalue weighted by Gasteiger charge is -2.42. The van der Waals surface area contributed by atoms with E-state index in [2.05, 4.69) is 27.5 Å². The molecule has 0 unspecified atom stereocenters. The number of amides is 3. The number of urea groups is 1. The molecule has 260 valence electrons. The highest BCUT2D eigenvalue weighted by atomic mass is 35.5. The number of anilines is 1. The Morgan fingerprint density at radius 2 is 1.26 bits per heavy atom. The van der Waals surface area contributed by atoms with Gasteiger partial charge in [-0.1, -0.05) is 41.9 Å². The molecule has 2 aliphatic rings. The number of carbonyl (C=O) groups excluding carboxylic acids is 2. The minimum atomic E-state index is -5.08. The molecule has 0 saturated carbocycles. The Morgan fingerprint density at radius 3 is 1.70 bits per heavy atom. The zero-order valence-electron chi connectivity index (χ0n) is 25.0. The molecule has 4 rings (SSSR count). The number of rotatable bonds is 5. The van der Waals surface area contributed by atoms with Crippen molar-refractivity contribution >= 4 is 41.2 Å². The van der Waals surface area contributed by atoms with Crippen LogP contribution in [-0.2, 0) is 14.4 Å². The number of hydrogen-bond donors (Lipinski definition) is 4. The van der Waals surface area contributed by atoms with Crippen LogP contribution in [0.5, 0.6) is 0 Å². The highest BCUT2D eigenvalue weighted by Gasteiger charge is 2.39. The fourth-order valence-electron chi connectivity index (χ4n) is 4.59. The van der Waals surface area contributed by atoms with Gasteiger partial charge in [-0.25, -0.2) is 14.4 Å². The number of carboxylic acid groups (broad SMARTS) is 2. The van der Waals surface area contributed by atoms with Gasteiger partial charge in [0.2, 0.25) is 5.91 Å². The Labute approximate surface area is 271 Å². The standard InChI is InChI=1S/C25H32ClN5O2.2C2HF3O2/c1-29-15-17-30(18-16-29)22-11-13-31(14-12-22)24(32)23(19-5-3-2-4-6-19)28-25(33)27-21-9-7-20(26)8-10-21;2*3-2(4,5)1(6)7/h2-10,22-23H,11-18H2,1H3,(H2,27,28,33);2*(H,6,7)/t23-;;/m1../s1. The van der Waals surface area contributed by atoms with Crippen LogP contribution in [0, 0.1) is 0 Å². The predicted octanol–water partition coefficient (Wildman–Crippen LogP) is 4.71. The van der Waals surface area contributed by atoms with Crippen molar-refractivity contribution in [3.8, 4) is 0 Å². The number of aliphatic carboxylic acids is 2. The van der Waals surface area contributed by atoms with E-state index in [1.54, 1.807) is 24.3 Å². The molecule has 3 amide bonds. The topological polar surface area (TPSA) is 143 Å². The maximum Gasteiger partial charge on any atom is 0.490 e. The molecule has 2 aliphatic heterocycles. The molecule has 4 N–H and O–H groups in total. The summed E-state index contributed by atoms with van der Waals surface area (Å²) in [6.07, 6.45) is -8.23. The van der Waals surface area contributed by atoms with Crippen molar-refractivity contribution in [1.82, 2.24) is 20.0 Å². The van der Waals surface area contributed by atoms with Crippen molar-refractivity contribution in [1.29, 1.82) is 0 Å². The predicted molar refractivity (Wildman–Crippen MR) is 159 cm³/mol. The van der Waals surface area contributed by atoms with E-state index in [0.29, 0.717) is 29.8 Å². The molecule has 11 nitrogen and oxygen atoms in total. The van der Waals surface area contributed by atoms with Crippen LogP contribution in [0.2, 0.25) is 5.02 Å². The second-order valence-electron chi connectivity index (χ2n) is 10.5. The summed E-state index contributed by atoms with van der Waals surface area (Å²) in [6.45, 7) is 5.80. The number of halogens is 7. The highest BCUT2D eigenvalue weighted by molar-refractivity contribution is 6.30. The third-order valence-corrected chi connectivity index (χ3v) is 7.32. The van der Waals surface area contributed by atoms with E-state index >= 15 is 0 Å². The number of nitrogens with one attached hydrogen (secondary N) is 2. The molecule has 0 aromatic heterocycles. The Bertz CT molecular complexity index is 1290. The minimum Gasteiger partial charge on any atom is -0.475 e. The van der Waals surface area contributed by atoms with Gasteiger partial charge >= 0.3 is 30.3 Å². The maximum absolute atomic E-state index is 13.5. The highest BCUT2D eigenvalue weighted by Crippen LogP contribution is 2.23. The summed E-state index contributed by atoms with van der Waals surface area (Å²) in [5, 5.41) is 20.5. The van der Waals surface area contributed by atoms with E-state index in [4.69, 9.17) is 31.4 Å². The number of likely N-dealkylation sites (N-methyl/N-ethyl adjacent to an activating group) is 1. The van der Waals surface area contributed by atoms with Gasteiger partial charge in [-0.2, -0.15) is 26.3 Å². The van der Waals surface area contributed by atoms with Crippen LogP contribution in [-0.4, -0.2) is 114 Å². The number of piperidine rings is 1. The lowest BCUT2D eigenvalue weighted by molar-refractivity contribution is -0.193. The second-order valence-corrected chi connectivity index (χ2v) is 10.9. The largest absolute Gasteiger partial charge is 0.490 e. The van der Waals surface area contributed by atoms with Crippen LogP contribution in [0.3, 0.4) is 0 Å². The molecule has 2 aromatic carbocycles. The number of piperazine rings is 1. The average Bonchev–Trinajstić information content (AvgIpc) is 3.01. The first kappa shape index (κ1) is 39.1. The third-order valence-electron chi connectivity index (χ3n) is 7.07. The molecule has 18 heteroatoms. The number of hydrogen-bond acceptors (Lipinski definition) is 6. The number of alkyl halides is 6. The van der Waals surface area contributed by atoms with Crippen molar-refractivity contribution in [2.45, 2.75) is 37.3 Å². The molecule has 0 aliphatic carbocycles. The minimum absolute atomic E-state index is 0.0655. The number of benzene rings is 2.